The summed E-state index contributed by atoms with van der Waals surface area (Å²) < 4.78 is 1.97. The summed E-state index contributed by atoms with van der Waals surface area (Å²) in [7, 11) is 0. The molecule has 0 spiro atoms. The fraction of sp³-hybridized carbons (Fsp3) is 0. The summed E-state index contributed by atoms with van der Waals surface area (Å²) in [5, 5.41) is 1.44. The van der Waals surface area contributed by atoms with Crippen molar-refractivity contribution < 1.29 is 0 Å². The topological polar surface area (TPSA) is 70.7 Å². The Kier molecular flexibility index (Phi) is 2.35. The number of hydrogen-bond donors (Lipinski definition) is 2. The molecule has 21 heavy (non-hydrogen) atoms. The first-order chi connectivity index (χ1) is 10.2. The maximum Gasteiger partial charge on any atom is 0.326 e. The van der Waals surface area contributed by atoms with E-state index in [4.69, 9.17) is 0 Å². The fourth-order valence-corrected chi connectivity index (χ4v) is 2.67. The average Bonchev–Trinajstić information content (AvgIpc) is 2.92. The first-order valence-electron chi connectivity index (χ1n) is 6.56. The third-order valence-corrected chi connectivity index (χ3v) is 3.60. The minimum Gasteiger partial charge on any atom is -0.315 e. The van der Waals surface area contributed by atoms with E-state index in [0.29, 0.717) is 10.9 Å². The largest absolute Gasteiger partial charge is 0.326 e. The first kappa shape index (κ1) is 11.7. The van der Waals surface area contributed by atoms with E-state index >= 15 is 0 Å². The summed E-state index contributed by atoms with van der Waals surface area (Å²) in [4.78, 5) is 28.5. The molecule has 0 atom stereocenters. The molecule has 102 valence electrons. The number of aromatic nitrogens is 3. The Bertz CT molecular complexity index is 1070. The molecule has 2 heterocycles. The van der Waals surface area contributed by atoms with Crippen molar-refractivity contribution in [3.63, 3.8) is 0 Å². The minimum absolute atomic E-state index is 0.378. The van der Waals surface area contributed by atoms with E-state index in [9.17, 15) is 9.59 Å². The maximum atomic E-state index is 11.9. The molecule has 4 rings (SSSR count). The highest BCUT2D eigenvalue weighted by Crippen LogP contribution is 2.25. The van der Waals surface area contributed by atoms with Crippen molar-refractivity contribution in [1.82, 2.24) is 14.5 Å². The number of aromatic amines is 2. The SMILES string of the molecule is O=c1[nH]c(=O)c2ccc3ccn(-c4ccccc4)c3c2[nH]1. The van der Waals surface area contributed by atoms with Crippen LogP contribution in [0.25, 0.3) is 27.5 Å². The lowest BCUT2D eigenvalue weighted by Crippen LogP contribution is -2.22. The van der Waals surface area contributed by atoms with Crippen LogP contribution in [-0.4, -0.2) is 14.5 Å². The van der Waals surface area contributed by atoms with E-state index in [-0.39, 0.29) is 5.56 Å². The van der Waals surface area contributed by atoms with E-state index in [0.717, 1.165) is 16.6 Å². The van der Waals surface area contributed by atoms with Gasteiger partial charge in [-0.25, -0.2) is 4.79 Å². The number of nitrogens with zero attached hydrogens (tertiary/aromatic N) is 1. The zero-order valence-corrected chi connectivity index (χ0v) is 11.0. The zero-order chi connectivity index (χ0) is 14.4. The van der Waals surface area contributed by atoms with Crippen LogP contribution < -0.4 is 11.2 Å². The van der Waals surface area contributed by atoms with Gasteiger partial charge in [-0.05, 0) is 24.3 Å². The molecule has 0 amide bonds. The molecular weight excluding hydrogens is 266 g/mol. The number of para-hydroxylation sites is 1. The van der Waals surface area contributed by atoms with Crippen molar-refractivity contribution in [3.8, 4) is 5.69 Å². The van der Waals surface area contributed by atoms with Crippen molar-refractivity contribution >= 4 is 21.8 Å². The average molecular weight is 277 g/mol. The summed E-state index contributed by atoms with van der Waals surface area (Å²) in [6, 6.07) is 15.4. The summed E-state index contributed by atoms with van der Waals surface area (Å²) in [5.41, 5.74) is 1.47. The van der Waals surface area contributed by atoms with Gasteiger partial charge in [0.2, 0.25) is 0 Å². The molecule has 0 saturated heterocycles. The van der Waals surface area contributed by atoms with Crippen LogP contribution >= 0.6 is 0 Å². The third-order valence-electron chi connectivity index (χ3n) is 3.60. The van der Waals surface area contributed by atoms with Crippen LogP contribution in [0.1, 0.15) is 0 Å². The molecule has 2 N–H and O–H groups in total. The van der Waals surface area contributed by atoms with Gasteiger partial charge in [0.05, 0.1) is 16.4 Å². The highest BCUT2D eigenvalue weighted by atomic mass is 16.2. The van der Waals surface area contributed by atoms with Gasteiger partial charge in [-0.3, -0.25) is 9.78 Å². The normalized spacial score (nSPS) is 11.2. The highest BCUT2D eigenvalue weighted by Gasteiger charge is 2.10. The first-order valence-corrected chi connectivity index (χ1v) is 6.56. The molecule has 0 radical (unpaired) electrons. The van der Waals surface area contributed by atoms with Crippen molar-refractivity contribution in [2.24, 2.45) is 0 Å². The highest BCUT2D eigenvalue weighted by molar-refractivity contribution is 6.03. The fourth-order valence-electron chi connectivity index (χ4n) is 2.67. The summed E-state index contributed by atoms with van der Waals surface area (Å²) in [6.45, 7) is 0. The monoisotopic (exact) mass is 277 g/mol. The van der Waals surface area contributed by atoms with E-state index in [1.54, 1.807) is 6.07 Å². The van der Waals surface area contributed by atoms with Gasteiger partial charge >= 0.3 is 5.69 Å². The number of benzene rings is 2. The molecule has 0 saturated carbocycles. The minimum atomic E-state index is -0.499. The molecule has 5 nitrogen and oxygen atoms in total. The lowest BCUT2D eigenvalue weighted by atomic mass is 10.2. The third kappa shape index (κ3) is 1.71. The molecule has 0 aliphatic carbocycles. The molecule has 0 aliphatic heterocycles. The lowest BCUT2D eigenvalue weighted by Gasteiger charge is -2.07. The van der Waals surface area contributed by atoms with Crippen LogP contribution in [0.5, 0.6) is 0 Å². The molecule has 4 aromatic rings. The van der Waals surface area contributed by atoms with Crippen LogP contribution in [0, 0.1) is 0 Å². The number of hydrogen-bond acceptors (Lipinski definition) is 2. The van der Waals surface area contributed by atoms with Gasteiger partial charge in [0.15, 0.2) is 0 Å². The molecule has 0 bridgehead atoms. The Morgan fingerprint density at radius 1 is 0.857 bits per heavy atom. The van der Waals surface area contributed by atoms with E-state index in [1.165, 1.54) is 0 Å². The summed E-state index contributed by atoms with van der Waals surface area (Å²) in [5.74, 6) is 0. The Labute approximate surface area is 118 Å². The molecule has 0 fully saturated rings. The van der Waals surface area contributed by atoms with Crippen LogP contribution in [0.4, 0.5) is 0 Å². The van der Waals surface area contributed by atoms with Crippen molar-refractivity contribution in [2.75, 3.05) is 0 Å². The van der Waals surface area contributed by atoms with Gasteiger partial charge < -0.3 is 9.55 Å². The molecule has 2 aromatic heterocycles. The number of fused-ring (bicyclic) bond motifs is 3. The molecule has 5 heteroatoms. The van der Waals surface area contributed by atoms with Crippen molar-refractivity contribution in [1.29, 1.82) is 0 Å². The summed E-state index contributed by atoms with van der Waals surface area (Å²) in [6.07, 6.45) is 1.93. The molecule has 2 aromatic carbocycles. The zero-order valence-electron chi connectivity index (χ0n) is 11.0. The van der Waals surface area contributed by atoms with Crippen LogP contribution in [0.15, 0.2) is 64.3 Å². The quantitative estimate of drug-likeness (QED) is 0.559. The second-order valence-electron chi connectivity index (χ2n) is 4.86. The second-order valence-corrected chi connectivity index (χ2v) is 4.86. The Balaban J connectivity index is 2.23. The van der Waals surface area contributed by atoms with Gasteiger partial charge in [0.25, 0.3) is 5.56 Å². The maximum absolute atomic E-state index is 11.9. The smallest absolute Gasteiger partial charge is 0.315 e. The molecule has 0 unspecified atom stereocenters. The van der Waals surface area contributed by atoms with E-state index < -0.39 is 5.69 Å². The van der Waals surface area contributed by atoms with Crippen molar-refractivity contribution in [2.45, 2.75) is 0 Å². The Morgan fingerprint density at radius 2 is 1.67 bits per heavy atom. The van der Waals surface area contributed by atoms with Crippen LogP contribution in [0.3, 0.4) is 0 Å². The predicted molar refractivity (Wildman–Crippen MR) is 82.0 cm³/mol. The molecule has 0 aliphatic rings. The van der Waals surface area contributed by atoms with E-state index in [2.05, 4.69) is 9.97 Å². The van der Waals surface area contributed by atoms with Gasteiger partial charge in [0.1, 0.15) is 0 Å². The lowest BCUT2D eigenvalue weighted by molar-refractivity contribution is 1.07. The van der Waals surface area contributed by atoms with Gasteiger partial charge in [-0.15, -0.1) is 0 Å². The number of H-pyrrole nitrogens is 2. The Hall–Kier alpha value is -3.08. The number of nitrogens with one attached hydrogen (secondary N) is 2. The predicted octanol–water partition coefficient (Wildman–Crippen LogP) is 2.16. The van der Waals surface area contributed by atoms with Gasteiger partial charge in [-0.1, -0.05) is 24.3 Å². The van der Waals surface area contributed by atoms with Crippen molar-refractivity contribution in [3.05, 3.63) is 75.6 Å². The van der Waals surface area contributed by atoms with Crippen LogP contribution in [0.2, 0.25) is 0 Å². The second kappa shape index (κ2) is 4.21. The van der Waals surface area contributed by atoms with Gasteiger partial charge in [-0.2, -0.15) is 0 Å². The standard InChI is InChI=1S/C16H11N3O2/c20-15-12-7-6-10-8-9-19(11-4-2-1-3-5-11)14(10)13(12)17-16(21)18-15/h1-9H,(H2,17,18,20,21). The Morgan fingerprint density at radius 3 is 2.48 bits per heavy atom. The van der Waals surface area contributed by atoms with Crippen LogP contribution in [-0.2, 0) is 0 Å². The molecular formula is C16H11N3O2. The van der Waals surface area contributed by atoms with E-state index in [1.807, 2.05) is 53.2 Å². The van der Waals surface area contributed by atoms with Gasteiger partial charge in [0, 0.05) is 17.3 Å². The number of rotatable bonds is 1. The summed E-state index contributed by atoms with van der Waals surface area (Å²) >= 11 is 0.